The van der Waals surface area contributed by atoms with E-state index in [1.165, 1.54) is 0 Å². The van der Waals surface area contributed by atoms with E-state index in [0.29, 0.717) is 25.7 Å². The van der Waals surface area contributed by atoms with Crippen molar-refractivity contribution in [2.45, 2.75) is 39.5 Å². The summed E-state index contributed by atoms with van der Waals surface area (Å²) in [6.45, 7) is 3.74. The fourth-order valence-corrected chi connectivity index (χ4v) is 2.54. The van der Waals surface area contributed by atoms with Gasteiger partial charge in [0.15, 0.2) is 0 Å². The number of nitrogens with zero attached hydrogens (tertiary/aromatic N) is 1. The Labute approximate surface area is 131 Å². The second kappa shape index (κ2) is 7.51. The zero-order chi connectivity index (χ0) is 16.0. The Morgan fingerprint density at radius 1 is 1.29 bits per heavy atom. The number of carbonyl (C=O) groups is 1. The molecule has 1 amide bonds. The molecule has 21 heavy (non-hydrogen) atoms. The molecule has 0 aliphatic carbocycles. The Kier molecular flexibility index (Phi) is 6.28. The summed E-state index contributed by atoms with van der Waals surface area (Å²) in [5, 5.41) is 11.7. The number of carbonyl (C=O) groups excluding carboxylic acids is 1. The van der Waals surface area contributed by atoms with E-state index in [1.807, 2.05) is 19.9 Å². The third-order valence-electron chi connectivity index (χ3n) is 3.26. The predicted octanol–water partition coefficient (Wildman–Crippen LogP) is 4.78. The first kappa shape index (κ1) is 17.6. The van der Waals surface area contributed by atoms with Gasteiger partial charge in [-0.25, -0.2) is 8.78 Å². The summed E-state index contributed by atoms with van der Waals surface area (Å²) in [5.74, 6) is -2.02. The Balaban J connectivity index is 3.08. The van der Waals surface area contributed by atoms with Gasteiger partial charge in [-0.05, 0) is 34.8 Å². The summed E-state index contributed by atoms with van der Waals surface area (Å²) in [5.41, 5.74) is -1.47. The van der Waals surface area contributed by atoms with E-state index in [4.69, 9.17) is 0 Å². The van der Waals surface area contributed by atoms with Crippen molar-refractivity contribution in [3.8, 4) is 6.07 Å². The number of amides is 1. The minimum atomic E-state index is -1.21. The second-order valence-electron chi connectivity index (χ2n) is 4.89. The minimum Gasteiger partial charge on any atom is -0.322 e. The monoisotopic (exact) mass is 358 g/mol. The molecule has 0 saturated carbocycles. The lowest BCUT2D eigenvalue weighted by Gasteiger charge is -2.24. The zero-order valence-electron chi connectivity index (χ0n) is 12.0. The largest absolute Gasteiger partial charge is 0.322 e. The van der Waals surface area contributed by atoms with Crippen LogP contribution >= 0.6 is 15.9 Å². The Morgan fingerprint density at radius 3 is 2.33 bits per heavy atom. The van der Waals surface area contributed by atoms with Gasteiger partial charge in [-0.3, -0.25) is 4.79 Å². The van der Waals surface area contributed by atoms with Gasteiger partial charge in [0.05, 0.1) is 16.2 Å². The lowest BCUT2D eigenvalue weighted by atomic mass is 9.79. The highest BCUT2D eigenvalue weighted by molar-refractivity contribution is 9.10. The van der Waals surface area contributed by atoms with Gasteiger partial charge in [0, 0.05) is 6.07 Å². The van der Waals surface area contributed by atoms with Crippen molar-refractivity contribution in [1.82, 2.24) is 0 Å². The summed E-state index contributed by atoms with van der Waals surface area (Å²) in [7, 11) is 0. The van der Waals surface area contributed by atoms with Gasteiger partial charge in [0.25, 0.3) is 0 Å². The predicted molar refractivity (Wildman–Crippen MR) is 80.5 cm³/mol. The van der Waals surface area contributed by atoms with Crippen LogP contribution in [0.1, 0.15) is 39.5 Å². The molecule has 1 aromatic rings. The third kappa shape index (κ3) is 4.01. The van der Waals surface area contributed by atoms with Gasteiger partial charge in [0.1, 0.15) is 17.0 Å². The Hall–Kier alpha value is -1.48. The van der Waals surface area contributed by atoms with Crippen molar-refractivity contribution in [2.75, 3.05) is 5.32 Å². The summed E-state index contributed by atoms with van der Waals surface area (Å²) in [4.78, 5) is 12.4. The number of hydrogen-bond donors (Lipinski definition) is 1. The summed E-state index contributed by atoms with van der Waals surface area (Å²) >= 11 is 2.87. The standard InChI is InChI=1S/C15H17BrF2N2O/c1-3-5-15(9-19,6-4-2)14(21)20-13-8-11(17)10(16)7-12(13)18/h7-8H,3-6H2,1-2H3,(H,20,21). The molecule has 0 heterocycles. The maximum absolute atomic E-state index is 13.8. The number of nitriles is 1. The van der Waals surface area contributed by atoms with E-state index >= 15 is 0 Å². The zero-order valence-corrected chi connectivity index (χ0v) is 13.6. The molecule has 1 rings (SSSR count). The molecule has 0 aromatic heterocycles. The molecule has 0 bridgehead atoms. The number of benzene rings is 1. The van der Waals surface area contributed by atoms with Crippen molar-refractivity contribution in [3.63, 3.8) is 0 Å². The smallest absolute Gasteiger partial charge is 0.244 e. The molecular weight excluding hydrogens is 342 g/mol. The third-order valence-corrected chi connectivity index (χ3v) is 3.87. The number of nitrogens with one attached hydrogen (secondary N) is 1. The van der Waals surface area contributed by atoms with Gasteiger partial charge in [-0.15, -0.1) is 0 Å². The van der Waals surface area contributed by atoms with E-state index in [1.54, 1.807) is 0 Å². The molecule has 114 valence electrons. The first-order valence-corrected chi connectivity index (χ1v) is 7.56. The van der Waals surface area contributed by atoms with Gasteiger partial charge < -0.3 is 5.32 Å². The highest BCUT2D eigenvalue weighted by Gasteiger charge is 2.37. The maximum Gasteiger partial charge on any atom is 0.244 e. The van der Waals surface area contributed by atoms with Gasteiger partial charge in [-0.2, -0.15) is 5.26 Å². The molecule has 0 fully saturated rings. The molecule has 0 aliphatic heterocycles. The summed E-state index contributed by atoms with van der Waals surface area (Å²) in [6, 6.07) is 3.89. The number of anilines is 1. The maximum atomic E-state index is 13.8. The van der Waals surface area contributed by atoms with Crippen LogP contribution in [0.4, 0.5) is 14.5 Å². The number of hydrogen-bond acceptors (Lipinski definition) is 2. The first-order chi connectivity index (χ1) is 9.90. The van der Waals surface area contributed by atoms with Crippen molar-refractivity contribution >= 4 is 27.5 Å². The van der Waals surface area contributed by atoms with Gasteiger partial charge >= 0.3 is 0 Å². The molecule has 3 nitrogen and oxygen atoms in total. The van der Waals surface area contributed by atoms with Crippen LogP contribution < -0.4 is 5.32 Å². The van der Waals surface area contributed by atoms with E-state index in [9.17, 15) is 18.8 Å². The van der Waals surface area contributed by atoms with Crippen molar-refractivity contribution in [1.29, 1.82) is 5.26 Å². The molecule has 0 unspecified atom stereocenters. The Bertz CT molecular complexity index is 564. The highest BCUT2D eigenvalue weighted by Crippen LogP contribution is 2.32. The van der Waals surface area contributed by atoms with Crippen LogP contribution in [0.5, 0.6) is 0 Å². The van der Waals surface area contributed by atoms with Crippen LogP contribution in [0.15, 0.2) is 16.6 Å². The highest BCUT2D eigenvalue weighted by atomic mass is 79.9. The summed E-state index contributed by atoms with van der Waals surface area (Å²) < 4.78 is 27.2. The Morgan fingerprint density at radius 2 is 1.86 bits per heavy atom. The van der Waals surface area contributed by atoms with E-state index < -0.39 is 23.0 Å². The second-order valence-corrected chi connectivity index (χ2v) is 5.75. The normalized spacial score (nSPS) is 11.0. The quantitative estimate of drug-likeness (QED) is 0.744. The average Bonchev–Trinajstić information content (AvgIpc) is 2.44. The van der Waals surface area contributed by atoms with Crippen LogP contribution in [0.3, 0.4) is 0 Å². The molecule has 0 spiro atoms. The summed E-state index contributed by atoms with van der Waals surface area (Å²) in [6.07, 6.45) is 2.06. The number of rotatable bonds is 6. The van der Waals surface area contributed by atoms with Gasteiger partial charge in [0.2, 0.25) is 5.91 Å². The van der Waals surface area contributed by atoms with Gasteiger partial charge in [-0.1, -0.05) is 26.7 Å². The molecule has 0 atom stereocenters. The van der Waals surface area contributed by atoms with E-state index in [2.05, 4.69) is 21.2 Å². The van der Waals surface area contributed by atoms with E-state index in [-0.39, 0.29) is 10.2 Å². The fraction of sp³-hybridized carbons (Fsp3) is 0.467. The van der Waals surface area contributed by atoms with Crippen molar-refractivity contribution in [3.05, 3.63) is 28.2 Å². The van der Waals surface area contributed by atoms with Crippen LogP contribution in [0, 0.1) is 28.4 Å². The molecule has 1 N–H and O–H groups in total. The topological polar surface area (TPSA) is 52.9 Å². The lowest BCUT2D eigenvalue weighted by molar-refractivity contribution is -0.123. The van der Waals surface area contributed by atoms with Crippen LogP contribution in [-0.4, -0.2) is 5.91 Å². The van der Waals surface area contributed by atoms with E-state index in [0.717, 1.165) is 12.1 Å². The first-order valence-electron chi connectivity index (χ1n) is 6.77. The van der Waals surface area contributed by atoms with Crippen LogP contribution in [0.2, 0.25) is 0 Å². The SMILES string of the molecule is CCCC(C#N)(CCC)C(=O)Nc1cc(F)c(Br)cc1F. The van der Waals surface area contributed by atoms with Crippen molar-refractivity contribution in [2.24, 2.45) is 5.41 Å². The minimum absolute atomic E-state index is 0.0216. The van der Waals surface area contributed by atoms with Crippen molar-refractivity contribution < 1.29 is 13.6 Å². The molecule has 6 heteroatoms. The average molecular weight is 359 g/mol. The molecule has 0 aliphatic rings. The number of halogens is 3. The van der Waals surface area contributed by atoms with Crippen LogP contribution in [-0.2, 0) is 4.79 Å². The molecule has 1 aromatic carbocycles. The molecule has 0 radical (unpaired) electrons. The van der Waals surface area contributed by atoms with Crippen LogP contribution in [0.25, 0.3) is 0 Å². The fourth-order valence-electron chi connectivity index (χ4n) is 2.23. The molecular formula is C15H17BrF2N2O. The molecule has 0 saturated heterocycles. The lowest BCUT2D eigenvalue weighted by Crippen LogP contribution is -2.35.